The summed E-state index contributed by atoms with van der Waals surface area (Å²) in [5, 5.41) is 11.6. The number of hydrogen-bond donors (Lipinski definition) is 2. The average Bonchev–Trinajstić information content (AvgIpc) is 2.48. The van der Waals surface area contributed by atoms with Gasteiger partial charge in [-0.05, 0) is 43.4 Å². The second-order valence-corrected chi connectivity index (χ2v) is 6.04. The fourth-order valence-corrected chi connectivity index (χ4v) is 2.85. The van der Waals surface area contributed by atoms with Gasteiger partial charge in [-0.15, -0.1) is 0 Å². The van der Waals surface area contributed by atoms with E-state index in [1.165, 1.54) is 6.92 Å². The number of aryl methyl sites for hydroxylation is 1. The summed E-state index contributed by atoms with van der Waals surface area (Å²) in [4.78, 5) is 36.3. The molecule has 1 fully saturated rings. The number of anilines is 1. The maximum Gasteiger partial charge on any atom is 0.303 e. The Kier molecular flexibility index (Phi) is 5.36. The van der Waals surface area contributed by atoms with E-state index in [0.717, 1.165) is 5.56 Å². The average molecular weight is 318 g/mol. The van der Waals surface area contributed by atoms with Crippen LogP contribution in [0.2, 0.25) is 0 Å². The number of aliphatic carboxylic acids is 1. The van der Waals surface area contributed by atoms with Crippen molar-refractivity contribution in [3.8, 4) is 0 Å². The van der Waals surface area contributed by atoms with Crippen LogP contribution in [0.5, 0.6) is 0 Å². The maximum absolute atomic E-state index is 12.6. The summed E-state index contributed by atoms with van der Waals surface area (Å²) in [7, 11) is 0. The molecule has 1 aliphatic rings. The molecule has 0 radical (unpaired) electrons. The maximum atomic E-state index is 12.6. The number of nitrogens with one attached hydrogen (secondary N) is 1. The highest BCUT2D eigenvalue weighted by molar-refractivity contribution is 5.97. The number of amides is 2. The van der Waals surface area contributed by atoms with Gasteiger partial charge in [0, 0.05) is 37.7 Å². The molecule has 0 aromatic heterocycles. The summed E-state index contributed by atoms with van der Waals surface area (Å²) < 4.78 is 0. The van der Waals surface area contributed by atoms with Crippen LogP contribution in [0.15, 0.2) is 18.2 Å². The fraction of sp³-hybridized carbons (Fsp3) is 0.471. The van der Waals surface area contributed by atoms with E-state index in [9.17, 15) is 14.4 Å². The van der Waals surface area contributed by atoms with E-state index < -0.39 is 5.97 Å². The lowest BCUT2D eigenvalue weighted by molar-refractivity contribution is -0.138. The van der Waals surface area contributed by atoms with Crippen molar-refractivity contribution in [3.05, 3.63) is 29.3 Å². The first kappa shape index (κ1) is 17.0. The van der Waals surface area contributed by atoms with E-state index in [4.69, 9.17) is 5.11 Å². The van der Waals surface area contributed by atoms with Gasteiger partial charge in [-0.1, -0.05) is 6.07 Å². The summed E-state index contributed by atoms with van der Waals surface area (Å²) in [6.07, 6.45) is 1.59. The smallest absolute Gasteiger partial charge is 0.303 e. The minimum Gasteiger partial charge on any atom is -0.481 e. The van der Waals surface area contributed by atoms with Crippen LogP contribution < -0.4 is 5.32 Å². The van der Waals surface area contributed by atoms with Crippen LogP contribution >= 0.6 is 0 Å². The molecule has 1 saturated heterocycles. The van der Waals surface area contributed by atoms with E-state index in [0.29, 0.717) is 37.2 Å². The van der Waals surface area contributed by atoms with E-state index >= 15 is 0 Å². The molecule has 0 aliphatic carbocycles. The van der Waals surface area contributed by atoms with Crippen LogP contribution in [0.4, 0.5) is 5.69 Å². The molecule has 2 N–H and O–H groups in total. The van der Waals surface area contributed by atoms with E-state index in [1.54, 1.807) is 17.0 Å². The van der Waals surface area contributed by atoms with Gasteiger partial charge in [0.1, 0.15) is 0 Å². The largest absolute Gasteiger partial charge is 0.481 e. The van der Waals surface area contributed by atoms with Crippen molar-refractivity contribution in [2.75, 3.05) is 18.4 Å². The van der Waals surface area contributed by atoms with Crippen LogP contribution in [0, 0.1) is 12.8 Å². The Morgan fingerprint density at radius 2 is 1.91 bits per heavy atom. The van der Waals surface area contributed by atoms with Crippen LogP contribution in [0.25, 0.3) is 0 Å². The molecule has 2 amide bonds. The molecule has 124 valence electrons. The molecule has 1 aromatic carbocycles. The molecule has 0 atom stereocenters. The Morgan fingerprint density at radius 1 is 1.26 bits per heavy atom. The molecule has 6 nitrogen and oxygen atoms in total. The number of likely N-dealkylation sites (tertiary alicyclic amines) is 1. The number of piperidine rings is 1. The Balaban J connectivity index is 2.04. The number of carbonyl (C=O) groups is 3. The predicted octanol–water partition coefficient (Wildman–Crippen LogP) is 2.28. The van der Waals surface area contributed by atoms with Crippen LogP contribution in [-0.2, 0) is 9.59 Å². The Labute approximate surface area is 135 Å². The van der Waals surface area contributed by atoms with Gasteiger partial charge in [0.05, 0.1) is 0 Å². The standard InChI is InChI=1S/C17H22N2O4/c1-11-3-4-14(10-15(11)18-12(2)20)17(23)19-7-5-13(6-8-19)9-16(21)22/h3-4,10,13H,5-9H2,1-2H3,(H,18,20)(H,21,22). The van der Waals surface area contributed by atoms with Crippen molar-refractivity contribution >= 4 is 23.5 Å². The van der Waals surface area contributed by atoms with Crippen molar-refractivity contribution in [1.82, 2.24) is 4.90 Å². The highest BCUT2D eigenvalue weighted by atomic mass is 16.4. The molecule has 6 heteroatoms. The lowest BCUT2D eigenvalue weighted by Gasteiger charge is -2.31. The van der Waals surface area contributed by atoms with Gasteiger partial charge in [-0.3, -0.25) is 14.4 Å². The topological polar surface area (TPSA) is 86.7 Å². The highest BCUT2D eigenvalue weighted by Gasteiger charge is 2.25. The van der Waals surface area contributed by atoms with Crippen molar-refractivity contribution < 1.29 is 19.5 Å². The van der Waals surface area contributed by atoms with Crippen molar-refractivity contribution in [3.63, 3.8) is 0 Å². The van der Waals surface area contributed by atoms with Gasteiger partial charge in [-0.25, -0.2) is 0 Å². The van der Waals surface area contributed by atoms with Crippen molar-refractivity contribution in [2.45, 2.75) is 33.1 Å². The zero-order chi connectivity index (χ0) is 17.0. The number of nitrogens with zero attached hydrogens (tertiary/aromatic N) is 1. The van der Waals surface area contributed by atoms with Gasteiger partial charge in [-0.2, -0.15) is 0 Å². The summed E-state index contributed by atoms with van der Waals surface area (Å²) >= 11 is 0. The first-order chi connectivity index (χ1) is 10.9. The van der Waals surface area contributed by atoms with Crippen molar-refractivity contribution in [2.24, 2.45) is 5.92 Å². The van der Waals surface area contributed by atoms with E-state index in [1.807, 2.05) is 13.0 Å². The third-order valence-electron chi connectivity index (χ3n) is 4.16. The number of rotatable bonds is 4. The minimum atomic E-state index is -0.784. The lowest BCUT2D eigenvalue weighted by atomic mass is 9.93. The summed E-state index contributed by atoms with van der Waals surface area (Å²) in [5.41, 5.74) is 2.08. The zero-order valence-corrected chi connectivity index (χ0v) is 13.5. The molecule has 2 rings (SSSR count). The second-order valence-electron chi connectivity index (χ2n) is 6.04. The molecular weight excluding hydrogens is 296 g/mol. The predicted molar refractivity (Wildman–Crippen MR) is 86.4 cm³/mol. The van der Waals surface area contributed by atoms with E-state index in [-0.39, 0.29) is 24.2 Å². The molecule has 0 saturated carbocycles. The molecule has 0 bridgehead atoms. The zero-order valence-electron chi connectivity index (χ0n) is 13.5. The summed E-state index contributed by atoms with van der Waals surface area (Å²) in [5.74, 6) is -0.893. The number of carboxylic acid groups (broad SMARTS) is 1. The normalized spacial score (nSPS) is 15.3. The highest BCUT2D eigenvalue weighted by Crippen LogP contribution is 2.23. The first-order valence-electron chi connectivity index (χ1n) is 7.76. The number of benzene rings is 1. The minimum absolute atomic E-state index is 0.0784. The van der Waals surface area contributed by atoms with Gasteiger partial charge in [0.2, 0.25) is 5.91 Å². The monoisotopic (exact) mass is 318 g/mol. The third kappa shape index (κ3) is 4.55. The van der Waals surface area contributed by atoms with Crippen LogP contribution in [0.3, 0.4) is 0 Å². The molecule has 1 aromatic rings. The quantitative estimate of drug-likeness (QED) is 0.891. The number of hydrogen-bond acceptors (Lipinski definition) is 3. The molecule has 1 aliphatic heterocycles. The number of carboxylic acids is 1. The summed E-state index contributed by atoms with van der Waals surface area (Å²) in [6, 6.07) is 5.27. The third-order valence-corrected chi connectivity index (χ3v) is 4.16. The molecule has 0 spiro atoms. The molecule has 0 unspecified atom stereocenters. The Hall–Kier alpha value is -2.37. The van der Waals surface area contributed by atoms with Crippen LogP contribution in [-0.4, -0.2) is 40.9 Å². The van der Waals surface area contributed by atoms with E-state index in [2.05, 4.69) is 5.32 Å². The van der Waals surface area contributed by atoms with Crippen molar-refractivity contribution in [1.29, 1.82) is 0 Å². The van der Waals surface area contributed by atoms with Gasteiger partial charge < -0.3 is 15.3 Å². The summed E-state index contributed by atoms with van der Waals surface area (Å²) in [6.45, 7) is 4.44. The molecule has 23 heavy (non-hydrogen) atoms. The Bertz CT molecular complexity index is 619. The first-order valence-corrected chi connectivity index (χ1v) is 7.76. The molecular formula is C17H22N2O4. The lowest BCUT2D eigenvalue weighted by Crippen LogP contribution is -2.38. The Morgan fingerprint density at radius 3 is 2.48 bits per heavy atom. The van der Waals surface area contributed by atoms with Gasteiger partial charge in [0.25, 0.3) is 5.91 Å². The fourth-order valence-electron chi connectivity index (χ4n) is 2.85. The number of carbonyl (C=O) groups excluding carboxylic acids is 2. The second kappa shape index (κ2) is 7.26. The molecule has 1 heterocycles. The van der Waals surface area contributed by atoms with Gasteiger partial charge in [0.15, 0.2) is 0 Å². The SMILES string of the molecule is CC(=O)Nc1cc(C(=O)N2CCC(CC(=O)O)CC2)ccc1C. The van der Waals surface area contributed by atoms with Crippen LogP contribution in [0.1, 0.15) is 42.1 Å². The van der Waals surface area contributed by atoms with Gasteiger partial charge >= 0.3 is 5.97 Å².